The van der Waals surface area contributed by atoms with Gasteiger partial charge in [0, 0.05) is 31.2 Å². The van der Waals surface area contributed by atoms with E-state index < -0.39 is 0 Å². The van der Waals surface area contributed by atoms with Gasteiger partial charge in [-0.3, -0.25) is 9.88 Å². The van der Waals surface area contributed by atoms with Crippen molar-refractivity contribution in [1.29, 1.82) is 0 Å². The molecule has 1 unspecified atom stereocenters. The molecule has 0 saturated carbocycles. The van der Waals surface area contributed by atoms with Gasteiger partial charge in [-0.05, 0) is 48.4 Å². The predicted octanol–water partition coefficient (Wildman–Crippen LogP) is 3.65. The highest BCUT2D eigenvalue weighted by atomic mass is 16.5. The van der Waals surface area contributed by atoms with Crippen LogP contribution in [-0.4, -0.2) is 57.4 Å². The number of nitrogens with one attached hydrogen (secondary N) is 1. The molecule has 1 aliphatic heterocycles. The van der Waals surface area contributed by atoms with Gasteiger partial charge in [-0.2, -0.15) is 0 Å². The summed E-state index contributed by atoms with van der Waals surface area (Å²) >= 11 is 0. The maximum absolute atomic E-state index is 5.66. The summed E-state index contributed by atoms with van der Waals surface area (Å²) in [5.41, 5.74) is 3.35. The average Bonchev–Trinajstić information content (AvgIpc) is 3.08. The van der Waals surface area contributed by atoms with E-state index in [1.807, 2.05) is 12.3 Å². The van der Waals surface area contributed by atoms with Crippen molar-refractivity contribution >= 4 is 10.9 Å². The average molecular weight is 408 g/mol. The quantitative estimate of drug-likeness (QED) is 0.673. The third-order valence-corrected chi connectivity index (χ3v) is 5.72. The Morgan fingerprint density at radius 3 is 2.43 bits per heavy atom. The third kappa shape index (κ3) is 3.93. The van der Waals surface area contributed by atoms with Gasteiger partial charge >= 0.3 is 0 Å². The molecule has 2 aromatic carbocycles. The fourth-order valence-corrected chi connectivity index (χ4v) is 4.33. The first-order chi connectivity index (χ1) is 14.8. The number of methoxy groups -OCH3 is 3. The van der Waals surface area contributed by atoms with Crippen molar-refractivity contribution in [2.24, 2.45) is 0 Å². The summed E-state index contributed by atoms with van der Waals surface area (Å²) < 4.78 is 16.9. The number of pyridine rings is 1. The summed E-state index contributed by atoms with van der Waals surface area (Å²) in [6.45, 7) is 3.96. The molecule has 0 bridgehead atoms. The molecule has 4 rings (SSSR count). The van der Waals surface area contributed by atoms with Crippen LogP contribution in [0.3, 0.4) is 0 Å². The zero-order chi connectivity index (χ0) is 20.9. The number of fused-ring (bicyclic) bond motifs is 1. The monoisotopic (exact) mass is 407 g/mol. The summed E-state index contributed by atoms with van der Waals surface area (Å²) in [6.07, 6.45) is 3.00. The van der Waals surface area contributed by atoms with Crippen molar-refractivity contribution in [3.8, 4) is 17.2 Å². The standard InChI is InChI=1S/C24H29N3O3/c1-28-21-15-17(16-22(29-2)24(21)30-3)23(27-13-6-10-25-12-14-27)19-9-11-26-20-8-5-4-7-18(19)20/h4-5,7-9,11,15-16,23,25H,6,10,12-14H2,1-3H3. The first-order valence-electron chi connectivity index (χ1n) is 10.3. The van der Waals surface area contributed by atoms with E-state index in [1.54, 1.807) is 21.3 Å². The molecule has 6 heteroatoms. The molecule has 1 atom stereocenters. The molecule has 0 amide bonds. The van der Waals surface area contributed by atoms with Gasteiger partial charge < -0.3 is 19.5 Å². The highest BCUT2D eigenvalue weighted by molar-refractivity contribution is 5.83. The predicted molar refractivity (Wildman–Crippen MR) is 119 cm³/mol. The minimum absolute atomic E-state index is 0.0477. The number of benzene rings is 2. The van der Waals surface area contributed by atoms with E-state index in [-0.39, 0.29) is 6.04 Å². The summed E-state index contributed by atoms with van der Waals surface area (Å²) in [5, 5.41) is 4.68. The Morgan fingerprint density at radius 1 is 0.933 bits per heavy atom. The van der Waals surface area contributed by atoms with Gasteiger partial charge in [-0.1, -0.05) is 18.2 Å². The van der Waals surface area contributed by atoms with E-state index >= 15 is 0 Å². The van der Waals surface area contributed by atoms with Gasteiger partial charge in [0.15, 0.2) is 11.5 Å². The number of rotatable bonds is 6. The van der Waals surface area contributed by atoms with Crippen molar-refractivity contribution in [3.63, 3.8) is 0 Å². The Hall–Kier alpha value is -2.83. The zero-order valence-electron chi connectivity index (χ0n) is 17.9. The van der Waals surface area contributed by atoms with E-state index in [2.05, 4.69) is 51.6 Å². The molecule has 6 nitrogen and oxygen atoms in total. The van der Waals surface area contributed by atoms with Crippen molar-refractivity contribution in [3.05, 3.63) is 59.8 Å². The van der Waals surface area contributed by atoms with E-state index in [0.717, 1.165) is 49.1 Å². The SMILES string of the molecule is COc1cc(C(c2ccnc3ccccc23)N2CCCNCC2)cc(OC)c1OC. The molecule has 1 fully saturated rings. The molecule has 1 N–H and O–H groups in total. The maximum Gasteiger partial charge on any atom is 0.203 e. The second-order valence-electron chi connectivity index (χ2n) is 7.42. The molecule has 30 heavy (non-hydrogen) atoms. The van der Waals surface area contributed by atoms with Crippen LogP contribution in [-0.2, 0) is 0 Å². The molecule has 2 heterocycles. The summed E-state index contributed by atoms with van der Waals surface area (Å²) in [7, 11) is 4.95. The van der Waals surface area contributed by atoms with E-state index in [4.69, 9.17) is 14.2 Å². The fourth-order valence-electron chi connectivity index (χ4n) is 4.33. The minimum atomic E-state index is 0.0477. The van der Waals surface area contributed by atoms with Crippen molar-refractivity contribution < 1.29 is 14.2 Å². The Kier molecular flexibility index (Phi) is 6.35. The molecule has 0 aliphatic carbocycles. The molecular formula is C24H29N3O3. The molecule has 1 aromatic heterocycles. The first kappa shape index (κ1) is 20.4. The summed E-state index contributed by atoms with van der Waals surface area (Å²) in [4.78, 5) is 7.11. The smallest absolute Gasteiger partial charge is 0.203 e. The number of aromatic nitrogens is 1. The van der Waals surface area contributed by atoms with Gasteiger partial charge in [0.05, 0.1) is 32.9 Å². The van der Waals surface area contributed by atoms with Crippen LogP contribution >= 0.6 is 0 Å². The van der Waals surface area contributed by atoms with Gasteiger partial charge in [0.25, 0.3) is 0 Å². The van der Waals surface area contributed by atoms with E-state index in [9.17, 15) is 0 Å². The Balaban J connectivity index is 1.92. The minimum Gasteiger partial charge on any atom is -0.493 e. The molecular weight excluding hydrogens is 378 g/mol. The molecule has 158 valence electrons. The van der Waals surface area contributed by atoms with Crippen molar-refractivity contribution in [2.75, 3.05) is 47.5 Å². The highest BCUT2D eigenvalue weighted by Gasteiger charge is 2.27. The molecule has 1 aliphatic rings. The van der Waals surface area contributed by atoms with E-state index in [0.29, 0.717) is 17.2 Å². The fraction of sp³-hybridized carbons (Fsp3) is 0.375. The second kappa shape index (κ2) is 9.32. The van der Waals surface area contributed by atoms with Gasteiger partial charge in [-0.15, -0.1) is 0 Å². The lowest BCUT2D eigenvalue weighted by atomic mass is 9.93. The molecule has 3 aromatic rings. The zero-order valence-corrected chi connectivity index (χ0v) is 17.9. The van der Waals surface area contributed by atoms with Crippen LogP contribution in [0.25, 0.3) is 10.9 Å². The van der Waals surface area contributed by atoms with Crippen LogP contribution in [0, 0.1) is 0 Å². The second-order valence-corrected chi connectivity index (χ2v) is 7.42. The van der Waals surface area contributed by atoms with Crippen molar-refractivity contribution in [2.45, 2.75) is 12.5 Å². The Morgan fingerprint density at radius 2 is 1.70 bits per heavy atom. The normalized spacial score (nSPS) is 16.1. The number of hydrogen-bond donors (Lipinski definition) is 1. The lowest BCUT2D eigenvalue weighted by Gasteiger charge is -2.32. The molecule has 1 saturated heterocycles. The van der Waals surface area contributed by atoms with Gasteiger partial charge in [0.1, 0.15) is 0 Å². The number of para-hydroxylation sites is 1. The highest BCUT2D eigenvalue weighted by Crippen LogP contribution is 2.43. The molecule has 0 spiro atoms. The van der Waals surface area contributed by atoms with E-state index in [1.165, 1.54) is 5.56 Å². The molecule has 0 radical (unpaired) electrons. The number of nitrogens with zero attached hydrogens (tertiary/aromatic N) is 2. The summed E-state index contributed by atoms with van der Waals surface area (Å²) in [5.74, 6) is 1.95. The van der Waals surface area contributed by atoms with Crippen LogP contribution in [0.2, 0.25) is 0 Å². The summed E-state index contributed by atoms with van der Waals surface area (Å²) in [6, 6.07) is 14.6. The van der Waals surface area contributed by atoms with Crippen LogP contribution < -0.4 is 19.5 Å². The van der Waals surface area contributed by atoms with Crippen molar-refractivity contribution in [1.82, 2.24) is 15.2 Å². The van der Waals surface area contributed by atoms with Crippen LogP contribution in [0.4, 0.5) is 0 Å². The number of hydrogen-bond acceptors (Lipinski definition) is 6. The van der Waals surface area contributed by atoms with Crippen LogP contribution in [0.1, 0.15) is 23.6 Å². The largest absolute Gasteiger partial charge is 0.493 e. The maximum atomic E-state index is 5.66. The first-order valence-corrected chi connectivity index (χ1v) is 10.3. The van der Waals surface area contributed by atoms with Gasteiger partial charge in [-0.25, -0.2) is 0 Å². The lowest BCUT2D eigenvalue weighted by molar-refractivity contribution is 0.240. The van der Waals surface area contributed by atoms with Crippen LogP contribution in [0.5, 0.6) is 17.2 Å². The number of ether oxygens (including phenoxy) is 3. The third-order valence-electron chi connectivity index (χ3n) is 5.72. The lowest BCUT2D eigenvalue weighted by Crippen LogP contribution is -2.33. The topological polar surface area (TPSA) is 55.9 Å². The van der Waals surface area contributed by atoms with Crippen LogP contribution in [0.15, 0.2) is 48.7 Å². The van der Waals surface area contributed by atoms with Gasteiger partial charge in [0.2, 0.25) is 5.75 Å². The Bertz CT molecular complexity index is 970. The Labute approximate surface area is 177 Å².